The highest BCUT2D eigenvalue weighted by Gasteiger charge is 2.44. The van der Waals surface area contributed by atoms with Gasteiger partial charge in [-0.25, -0.2) is 4.98 Å². The number of thiophene rings is 1. The first-order chi connectivity index (χ1) is 20.0. The molecule has 41 heavy (non-hydrogen) atoms. The van der Waals surface area contributed by atoms with Gasteiger partial charge in [0.05, 0.1) is 4.88 Å². The Bertz CT molecular complexity index is 1420. The van der Waals surface area contributed by atoms with Gasteiger partial charge in [0.1, 0.15) is 16.9 Å². The number of rotatable bonds is 6. The summed E-state index contributed by atoms with van der Waals surface area (Å²) >= 11 is 1.42. The zero-order chi connectivity index (χ0) is 28.2. The van der Waals surface area contributed by atoms with Crippen LogP contribution in [0.5, 0.6) is 23.1 Å². The van der Waals surface area contributed by atoms with E-state index in [1.807, 2.05) is 22.4 Å². The van der Waals surface area contributed by atoms with E-state index >= 15 is 0 Å². The first-order valence-corrected chi connectivity index (χ1v) is 14.6. The Morgan fingerprint density at radius 3 is 2.61 bits per heavy atom. The van der Waals surface area contributed by atoms with Crippen LogP contribution in [0.15, 0.2) is 54.0 Å². The van der Waals surface area contributed by atoms with Crippen molar-refractivity contribution in [1.29, 1.82) is 0 Å². The van der Waals surface area contributed by atoms with Gasteiger partial charge in [0.15, 0.2) is 11.5 Å². The number of pyridine rings is 1. The van der Waals surface area contributed by atoms with E-state index in [4.69, 9.17) is 14.2 Å². The summed E-state index contributed by atoms with van der Waals surface area (Å²) in [5, 5.41) is 8.26. The number of aromatic nitrogens is 1. The van der Waals surface area contributed by atoms with E-state index in [9.17, 15) is 14.4 Å². The molecule has 0 bridgehead atoms. The van der Waals surface area contributed by atoms with Crippen molar-refractivity contribution >= 4 is 29.1 Å². The SMILES string of the molecule is O=C(NC1(C(=O)N2CCCN(C(=O)c3cccs3)CC2)CCNCC1)c1cccnc1Oc1ccc2c(c1)OCO2. The van der Waals surface area contributed by atoms with Gasteiger partial charge in [-0.1, -0.05) is 6.07 Å². The van der Waals surface area contributed by atoms with Crippen molar-refractivity contribution in [3.05, 3.63) is 64.5 Å². The van der Waals surface area contributed by atoms with Crippen LogP contribution in [-0.2, 0) is 4.79 Å². The van der Waals surface area contributed by atoms with Crippen molar-refractivity contribution in [3.63, 3.8) is 0 Å². The fourth-order valence-corrected chi connectivity index (χ4v) is 6.10. The number of nitrogens with zero attached hydrogens (tertiary/aromatic N) is 3. The number of nitrogens with one attached hydrogen (secondary N) is 2. The van der Waals surface area contributed by atoms with Gasteiger partial charge in [-0.15, -0.1) is 11.3 Å². The molecule has 11 nitrogen and oxygen atoms in total. The quantitative estimate of drug-likeness (QED) is 0.459. The normalized spacial score (nSPS) is 18.0. The molecule has 0 atom stereocenters. The average molecular weight is 578 g/mol. The molecule has 0 saturated carbocycles. The summed E-state index contributed by atoms with van der Waals surface area (Å²) in [5.74, 6) is 1.17. The molecule has 2 aromatic heterocycles. The van der Waals surface area contributed by atoms with Crippen LogP contribution in [0.3, 0.4) is 0 Å². The number of amides is 3. The predicted molar refractivity (Wildman–Crippen MR) is 151 cm³/mol. The van der Waals surface area contributed by atoms with E-state index in [0.29, 0.717) is 80.7 Å². The van der Waals surface area contributed by atoms with Gasteiger partial charge >= 0.3 is 0 Å². The molecule has 2 saturated heterocycles. The Labute approximate surface area is 241 Å². The molecule has 0 spiro atoms. The summed E-state index contributed by atoms with van der Waals surface area (Å²) in [5.41, 5.74) is -0.860. The maximum Gasteiger partial charge on any atom is 0.263 e. The van der Waals surface area contributed by atoms with Crippen LogP contribution in [-0.4, -0.2) is 84.1 Å². The van der Waals surface area contributed by atoms with Gasteiger partial charge in [-0.2, -0.15) is 0 Å². The van der Waals surface area contributed by atoms with Crippen LogP contribution in [0.4, 0.5) is 0 Å². The van der Waals surface area contributed by atoms with Gasteiger partial charge < -0.3 is 34.6 Å². The minimum absolute atomic E-state index is 0.00857. The molecular formula is C29H31N5O6S. The number of carbonyl (C=O) groups excluding carboxylic acids is 3. The molecule has 3 amide bonds. The first kappa shape index (κ1) is 27.0. The van der Waals surface area contributed by atoms with Gasteiger partial charge in [0.2, 0.25) is 18.6 Å². The smallest absolute Gasteiger partial charge is 0.263 e. The minimum atomic E-state index is -1.08. The highest BCUT2D eigenvalue weighted by Crippen LogP contribution is 2.37. The molecule has 1 aromatic carbocycles. The molecule has 2 fully saturated rings. The summed E-state index contributed by atoms with van der Waals surface area (Å²) < 4.78 is 16.8. The van der Waals surface area contributed by atoms with E-state index < -0.39 is 11.4 Å². The van der Waals surface area contributed by atoms with Gasteiger partial charge in [-0.3, -0.25) is 14.4 Å². The summed E-state index contributed by atoms with van der Waals surface area (Å²) in [6, 6.07) is 12.1. The number of hydrogen-bond acceptors (Lipinski definition) is 9. The Hall–Kier alpha value is -4.16. The van der Waals surface area contributed by atoms with Crippen LogP contribution in [0.1, 0.15) is 39.3 Å². The van der Waals surface area contributed by atoms with Crippen LogP contribution >= 0.6 is 11.3 Å². The van der Waals surface area contributed by atoms with E-state index in [1.165, 1.54) is 11.3 Å². The van der Waals surface area contributed by atoms with E-state index in [2.05, 4.69) is 15.6 Å². The van der Waals surface area contributed by atoms with Gasteiger partial charge in [-0.05, 0) is 68.1 Å². The molecule has 0 radical (unpaired) electrons. The second-order valence-electron chi connectivity index (χ2n) is 10.2. The van der Waals surface area contributed by atoms with Crippen molar-refractivity contribution in [2.24, 2.45) is 0 Å². The highest BCUT2D eigenvalue weighted by molar-refractivity contribution is 7.12. The van der Waals surface area contributed by atoms with Gasteiger partial charge in [0.25, 0.3) is 11.8 Å². The summed E-state index contributed by atoms with van der Waals surface area (Å²) in [6.07, 6.45) is 3.11. The molecule has 3 aromatic rings. The number of hydrogen-bond donors (Lipinski definition) is 2. The lowest BCUT2D eigenvalue weighted by molar-refractivity contribution is -0.139. The summed E-state index contributed by atoms with van der Waals surface area (Å²) in [7, 11) is 0. The third kappa shape index (κ3) is 5.70. The van der Waals surface area contributed by atoms with E-state index in [1.54, 1.807) is 41.4 Å². The maximum atomic E-state index is 14.1. The topological polar surface area (TPSA) is 122 Å². The third-order valence-corrected chi connectivity index (χ3v) is 8.45. The van der Waals surface area contributed by atoms with E-state index in [0.717, 1.165) is 0 Å². The van der Waals surface area contributed by atoms with Crippen molar-refractivity contribution in [1.82, 2.24) is 25.4 Å². The van der Waals surface area contributed by atoms with Crippen LogP contribution in [0.25, 0.3) is 0 Å². The molecule has 3 aliphatic heterocycles. The zero-order valence-electron chi connectivity index (χ0n) is 22.5. The van der Waals surface area contributed by atoms with Crippen LogP contribution in [0, 0.1) is 0 Å². The lowest BCUT2D eigenvalue weighted by Crippen LogP contribution is -2.63. The molecule has 5 heterocycles. The largest absolute Gasteiger partial charge is 0.454 e. The standard InChI is InChI=1S/C29H31N5O6S/c35-25(21-4-1-10-31-26(21)40-20-6-7-22-23(18-20)39-19-38-22)32-29(8-11-30-12-9-29)28(37)34-14-3-13-33(15-16-34)27(36)24-5-2-17-41-24/h1-2,4-7,10,17-18,30H,3,8-9,11-16,19H2,(H,32,35). The van der Waals surface area contributed by atoms with Crippen molar-refractivity contribution in [3.8, 4) is 23.1 Å². The molecule has 2 N–H and O–H groups in total. The predicted octanol–water partition coefficient (Wildman–Crippen LogP) is 2.89. The lowest BCUT2D eigenvalue weighted by Gasteiger charge is -2.40. The first-order valence-electron chi connectivity index (χ1n) is 13.7. The monoisotopic (exact) mass is 577 g/mol. The molecule has 0 aliphatic carbocycles. The molecule has 12 heteroatoms. The Kier molecular flexibility index (Phi) is 7.75. The van der Waals surface area contributed by atoms with Crippen LogP contribution in [0.2, 0.25) is 0 Å². The van der Waals surface area contributed by atoms with Crippen molar-refractivity contribution in [2.45, 2.75) is 24.8 Å². The van der Waals surface area contributed by atoms with Crippen molar-refractivity contribution in [2.75, 3.05) is 46.1 Å². The molecule has 0 unspecified atom stereocenters. The minimum Gasteiger partial charge on any atom is -0.454 e. The van der Waals surface area contributed by atoms with E-state index in [-0.39, 0.29) is 30.1 Å². The number of ether oxygens (including phenoxy) is 3. The van der Waals surface area contributed by atoms with Crippen molar-refractivity contribution < 1.29 is 28.6 Å². The fourth-order valence-electron chi connectivity index (χ4n) is 5.41. The maximum absolute atomic E-state index is 14.1. The molecular weight excluding hydrogens is 546 g/mol. The number of carbonyl (C=O) groups is 3. The molecule has 6 rings (SSSR count). The molecule has 214 valence electrons. The Morgan fingerprint density at radius 2 is 1.78 bits per heavy atom. The zero-order valence-corrected chi connectivity index (χ0v) is 23.3. The summed E-state index contributed by atoms with van der Waals surface area (Å²) in [4.78, 5) is 49.3. The number of benzene rings is 1. The van der Waals surface area contributed by atoms with Gasteiger partial charge in [0, 0.05) is 38.4 Å². The Morgan fingerprint density at radius 1 is 0.976 bits per heavy atom. The lowest BCUT2D eigenvalue weighted by atomic mass is 9.86. The third-order valence-electron chi connectivity index (χ3n) is 7.60. The number of fused-ring (bicyclic) bond motifs is 1. The summed E-state index contributed by atoms with van der Waals surface area (Å²) in [6.45, 7) is 3.28. The number of piperidine rings is 1. The average Bonchev–Trinajstić information content (AvgIpc) is 3.65. The highest BCUT2D eigenvalue weighted by atomic mass is 32.1. The second kappa shape index (κ2) is 11.8. The van der Waals surface area contributed by atoms with Crippen LogP contribution < -0.4 is 24.8 Å². The fraction of sp³-hybridized carbons (Fsp3) is 0.379. The Balaban J connectivity index is 1.18. The molecule has 3 aliphatic rings. The second-order valence-corrected chi connectivity index (χ2v) is 11.1.